The van der Waals surface area contributed by atoms with E-state index in [1.165, 1.54) is 6.08 Å². The van der Waals surface area contributed by atoms with E-state index in [9.17, 15) is 4.79 Å². The summed E-state index contributed by atoms with van der Waals surface area (Å²) in [6, 6.07) is 8.34. The Balaban J connectivity index is 2.71. The van der Waals surface area contributed by atoms with E-state index in [-0.39, 0.29) is 12.4 Å². The lowest BCUT2D eigenvalue weighted by atomic mass is 10.1. The molecular formula is C12H15N3O2. The average molecular weight is 233 g/mol. The van der Waals surface area contributed by atoms with Gasteiger partial charge in [0.15, 0.2) is 0 Å². The third-order valence-electron chi connectivity index (χ3n) is 2.04. The number of benzene rings is 1. The Morgan fingerprint density at radius 3 is 2.71 bits per heavy atom. The number of amides is 1. The number of nitrogens with one attached hydrogen (secondary N) is 2. The SMILES string of the molecule is C=CCOC(=O)NC(C(=N)N)c1ccccc1. The van der Waals surface area contributed by atoms with Crippen LogP contribution in [-0.2, 0) is 4.74 Å². The maximum absolute atomic E-state index is 11.4. The molecule has 0 aliphatic heterocycles. The minimum Gasteiger partial charge on any atom is -0.445 e. The second kappa shape index (κ2) is 6.32. The lowest BCUT2D eigenvalue weighted by molar-refractivity contribution is 0.156. The summed E-state index contributed by atoms with van der Waals surface area (Å²) in [7, 11) is 0. The fourth-order valence-electron chi connectivity index (χ4n) is 1.28. The van der Waals surface area contributed by atoms with Crippen molar-refractivity contribution in [3.63, 3.8) is 0 Å². The number of rotatable bonds is 5. The molecule has 5 nitrogen and oxygen atoms in total. The fraction of sp³-hybridized carbons (Fsp3) is 0.167. The zero-order chi connectivity index (χ0) is 12.7. The highest BCUT2D eigenvalue weighted by molar-refractivity contribution is 5.87. The molecule has 1 unspecified atom stereocenters. The third kappa shape index (κ3) is 3.98. The van der Waals surface area contributed by atoms with Crippen molar-refractivity contribution < 1.29 is 9.53 Å². The molecule has 0 saturated carbocycles. The predicted molar refractivity (Wildman–Crippen MR) is 65.8 cm³/mol. The van der Waals surface area contributed by atoms with E-state index < -0.39 is 12.1 Å². The van der Waals surface area contributed by atoms with Gasteiger partial charge in [0.2, 0.25) is 0 Å². The molecule has 1 aromatic carbocycles. The largest absolute Gasteiger partial charge is 0.445 e. The van der Waals surface area contributed by atoms with Crippen LogP contribution in [0.1, 0.15) is 11.6 Å². The van der Waals surface area contributed by atoms with E-state index in [1.54, 1.807) is 12.1 Å². The van der Waals surface area contributed by atoms with Crippen LogP contribution in [0.4, 0.5) is 4.79 Å². The van der Waals surface area contributed by atoms with E-state index in [1.807, 2.05) is 18.2 Å². The predicted octanol–water partition coefficient (Wildman–Crippen LogP) is 1.58. The molecule has 0 aliphatic rings. The summed E-state index contributed by atoms with van der Waals surface area (Å²) in [5, 5.41) is 9.96. The van der Waals surface area contributed by atoms with Gasteiger partial charge in [-0.15, -0.1) is 0 Å². The summed E-state index contributed by atoms with van der Waals surface area (Å²) in [6.07, 6.45) is 0.833. The topological polar surface area (TPSA) is 88.2 Å². The van der Waals surface area contributed by atoms with Gasteiger partial charge in [0.25, 0.3) is 0 Å². The van der Waals surface area contributed by atoms with Crippen molar-refractivity contribution in [3.8, 4) is 0 Å². The van der Waals surface area contributed by atoms with Gasteiger partial charge in [-0.25, -0.2) is 4.79 Å². The summed E-state index contributed by atoms with van der Waals surface area (Å²) in [5.41, 5.74) is 6.17. The Morgan fingerprint density at radius 1 is 1.53 bits per heavy atom. The van der Waals surface area contributed by atoms with Crippen molar-refractivity contribution in [1.82, 2.24) is 5.32 Å². The number of carbonyl (C=O) groups excluding carboxylic acids is 1. The van der Waals surface area contributed by atoms with Gasteiger partial charge in [0, 0.05) is 0 Å². The Morgan fingerprint density at radius 2 is 2.18 bits per heavy atom. The smallest absolute Gasteiger partial charge is 0.408 e. The highest BCUT2D eigenvalue weighted by Crippen LogP contribution is 2.11. The molecule has 0 heterocycles. The molecule has 4 N–H and O–H groups in total. The van der Waals surface area contributed by atoms with Crippen LogP contribution >= 0.6 is 0 Å². The van der Waals surface area contributed by atoms with Crippen molar-refractivity contribution in [1.29, 1.82) is 5.41 Å². The molecule has 0 radical (unpaired) electrons. The highest BCUT2D eigenvalue weighted by Gasteiger charge is 2.17. The number of alkyl carbamates (subject to hydrolysis) is 1. The maximum atomic E-state index is 11.4. The molecule has 17 heavy (non-hydrogen) atoms. The lowest BCUT2D eigenvalue weighted by Crippen LogP contribution is -2.37. The van der Waals surface area contributed by atoms with E-state index in [0.29, 0.717) is 0 Å². The van der Waals surface area contributed by atoms with Crippen LogP contribution in [-0.4, -0.2) is 18.5 Å². The quantitative estimate of drug-likeness (QED) is 0.410. The molecule has 0 saturated heterocycles. The summed E-state index contributed by atoms with van der Waals surface area (Å²) in [5.74, 6) is -0.147. The van der Waals surface area contributed by atoms with Crippen molar-refractivity contribution in [2.75, 3.05) is 6.61 Å². The number of hydrogen-bond acceptors (Lipinski definition) is 3. The number of amidine groups is 1. The number of nitrogens with two attached hydrogens (primary N) is 1. The standard InChI is InChI=1S/C12H15N3O2/c1-2-8-17-12(16)15-10(11(13)14)9-6-4-3-5-7-9/h2-7,10H,1,8H2,(H3,13,14)(H,15,16). The molecule has 0 bridgehead atoms. The lowest BCUT2D eigenvalue weighted by Gasteiger charge is -2.17. The summed E-state index contributed by atoms with van der Waals surface area (Å²) in [6.45, 7) is 3.55. The molecule has 1 aromatic rings. The number of hydrogen-bond donors (Lipinski definition) is 3. The average Bonchev–Trinajstić information content (AvgIpc) is 2.34. The molecule has 1 rings (SSSR count). The molecular weight excluding hydrogens is 218 g/mol. The molecule has 90 valence electrons. The summed E-state index contributed by atoms with van der Waals surface area (Å²) < 4.78 is 4.77. The molecule has 0 fully saturated rings. The van der Waals surface area contributed by atoms with Crippen molar-refractivity contribution in [2.24, 2.45) is 5.73 Å². The minimum absolute atomic E-state index is 0.116. The van der Waals surface area contributed by atoms with Crippen molar-refractivity contribution in [2.45, 2.75) is 6.04 Å². The Hall–Kier alpha value is -2.30. The van der Waals surface area contributed by atoms with Gasteiger partial charge < -0.3 is 15.8 Å². The fourth-order valence-corrected chi connectivity index (χ4v) is 1.28. The van der Waals surface area contributed by atoms with Crippen LogP contribution in [0.2, 0.25) is 0 Å². The Bertz CT molecular complexity index is 403. The second-order valence-corrected chi connectivity index (χ2v) is 3.33. The Labute approximate surface area is 99.8 Å². The molecule has 5 heteroatoms. The minimum atomic E-state index is -0.673. The normalized spacial score (nSPS) is 11.3. The van der Waals surface area contributed by atoms with Gasteiger partial charge in [-0.05, 0) is 5.56 Å². The van der Waals surface area contributed by atoms with Gasteiger partial charge in [0.1, 0.15) is 18.5 Å². The van der Waals surface area contributed by atoms with E-state index in [2.05, 4.69) is 11.9 Å². The maximum Gasteiger partial charge on any atom is 0.408 e. The van der Waals surface area contributed by atoms with Gasteiger partial charge in [-0.1, -0.05) is 43.0 Å². The first-order valence-electron chi connectivity index (χ1n) is 5.08. The van der Waals surface area contributed by atoms with E-state index in [0.717, 1.165) is 5.56 Å². The summed E-state index contributed by atoms with van der Waals surface area (Å²) >= 11 is 0. The molecule has 0 aromatic heterocycles. The van der Waals surface area contributed by atoms with Gasteiger partial charge in [-0.2, -0.15) is 0 Å². The third-order valence-corrected chi connectivity index (χ3v) is 2.04. The molecule has 0 spiro atoms. The first-order chi connectivity index (χ1) is 8.15. The monoisotopic (exact) mass is 233 g/mol. The molecule has 0 aliphatic carbocycles. The molecule has 1 atom stereocenters. The van der Waals surface area contributed by atoms with Gasteiger partial charge in [-0.3, -0.25) is 5.41 Å². The first kappa shape index (κ1) is 12.8. The summed E-state index contributed by atoms with van der Waals surface area (Å²) in [4.78, 5) is 11.4. The van der Waals surface area contributed by atoms with E-state index in [4.69, 9.17) is 15.9 Å². The van der Waals surface area contributed by atoms with Crippen LogP contribution in [0.15, 0.2) is 43.0 Å². The first-order valence-corrected chi connectivity index (χ1v) is 5.08. The number of carbonyl (C=O) groups is 1. The number of ether oxygens (including phenoxy) is 1. The Kier molecular flexibility index (Phi) is 4.75. The van der Waals surface area contributed by atoms with Crippen LogP contribution in [0, 0.1) is 5.41 Å². The van der Waals surface area contributed by atoms with Crippen LogP contribution in [0.3, 0.4) is 0 Å². The molecule has 1 amide bonds. The van der Waals surface area contributed by atoms with Gasteiger partial charge >= 0.3 is 6.09 Å². The van der Waals surface area contributed by atoms with Crippen molar-refractivity contribution in [3.05, 3.63) is 48.6 Å². The zero-order valence-corrected chi connectivity index (χ0v) is 9.35. The van der Waals surface area contributed by atoms with Gasteiger partial charge in [0.05, 0.1) is 0 Å². The van der Waals surface area contributed by atoms with Crippen molar-refractivity contribution >= 4 is 11.9 Å². The zero-order valence-electron chi connectivity index (χ0n) is 9.35. The van der Waals surface area contributed by atoms with Crippen LogP contribution < -0.4 is 11.1 Å². The van der Waals surface area contributed by atoms with Crippen LogP contribution in [0.5, 0.6) is 0 Å². The second-order valence-electron chi connectivity index (χ2n) is 3.33. The van der Waals surface area contributed by atoms with E-state index >= 15 is 0 Å². The highest BCUT2D eigenvalue weighted by atomic mass is 16.5. The van der Waals surface area contributed by atoms with Crippen LogP contribution in [0.25, 0.3) is 0 Å².